The molecule has 5 heteroatoms. The van der Waals surface area contributed by atoms with E-state index in [4.69, 9.17) is 9.97 Å². The van der Waals surface area contributed by atoms with Crippen LogP contribution >= 0.6 is 11.3 Å². The first-order valence-corrected chi connectivity index (χ1v) is 22.2. The molecule has 0 saturated heterocycles. The normalized spacial score (nSPS) is 13.1. The average molecular weight is 760 g/mol. The van der Waals surface area contributed by atoms with Gasteiger partial charge in [-0.05, 0) is 52.0 Å². The van der Waals surface area contributed by atoms with E-state index in [1.54, 1.807) is 0 Å². The van der Waals surface area contributed by atoms with Crippen LogP contribution in [0.2, 0.25) is 0 Å². The van der Waals surface area contributed by atoms with Crippen LogP contribution in [0.1, 0.15) is 0 Å². The van der Waals surface area contributed by atoms with E-state index in [1.807, 2.05) is 11.3 Å². The maximum Gasteiger partial charge on any atom is 0.185 e. The van der Waals surface area contributed by atoms with E-state index in [0.717, 1.165) is 34.0 Å². The first-order valence-electron chi connectivity index (χ1n) is 19.4. The molecule has 1 aliphatic rings. The number of thiophene rings is 1. The molecular formula is C52H33N3SSi. The standard InChI is InChI=1S/C52H33N3SSi/c1-4-17-34(18-5-1)49-51-50(41-27-12-15-30-48(41)57(51,37-21-6-2-7-22-37)38-23-8-3-9-24-38)54-52(53-49)35-19-16-20-36(31-35)55-44-28-13-10-25-39(44)42-33-47-43(32-45(42)55)40-26-11-14-29-46(40)56-47/h1-33H. The van der Waals surface area contributed by atoms with Gasteiger partial charge in [0.25, 0.3) is 0 Å². The molecule has 8 aromatic carbocycles. The Morgan fingerprint density at radius 3 is 1.84 bits per heavy atom. The average Bonchev–Trinajstić information content (AvgIpc) is 3.92. The number of para-hydroxylation sites is 1. The summed E-state index contributed by atoms with van der Waals surface area (Å²) in [5.41, 5.74) is 8.76. The lowest BCUT2D eigenvalue weighted by Crippen LogP contribution is -2.73. The van der Waals surface area contributed by atoms with Gasteiger partial charge in [0.2, 0.25) is 0 Å². The van der Waals surface area contributed by atoms with Gasteiger partial charge >= 0.3 is 0 Å². The summed E-state index contributed by atoms with van der Waals surface area (Å²) < 4.78 is 5.05. The molecule has 0 unspecified atom stereocenters. The van der Waals surface area contributed by atoms with Crippen LogP contribution < -0.4 is 20.7 Å². The summed E-state index contributed by atoms with van der Waals surface area (Å²) in [4.78, 5) is 11.3. The Bertz CT molecular complexity index is 3310. The van der Waals surface area contributed by atoms with Crippen molar-refractivity contribution in [2.45, 2.75) is 0 Å². The minimum Gasteiger partial charge on any atom is -0.309 e. The van der Waals surface area contributed by atoms with Crippen molar-refractivity contribution >= 4 is 82.1 Å². The summed E-state index contributed by atoms with van der Waals surface area (Å²) in [6, 6.07) is 73.0. The van der Waals surface area contributed by atoms with E-state index < -0.39 is 8.07 Å². The number of fused-ring (bicyclic) bond motifs is 9. The van der Waals surface area contributed by atoms with Gasteiger partial charge in [0.05, 0.1) is 22.4 Å². The van der Waals surface area contributed by atoms with Crippen LogP contribution in [0.5, 0.6) is 0 Å². The van der Waals surface area contributed by atoms with Gasteiger partial charge in [-0.3, -0.25) is 0 Å². The molecular weight excluding hydrogens is 727 g/mol. The summed E-state index contributed by atoms with van der Waals surface area (Å²) in [7, 11) is -2.86. The van der Waals surface area contributed by atoms with E-state index >= 15 is 0 Å². The Morgan fingerprint density at radius 1 is 0.421 bits per heavy atom. The molecule has 0 saturated carbocycles. The van der Waals surface area contributed by atoms with Crippen LogP contribution in [0.4, 0.5) is 0 Å². The molecule has 0 N–H and O–H groups in total. The number of nitrogens with zero attached hydrogens (tertiary/aromatic N) is 3. The highest BCUT2D eigenvalue weighted by Gasteiger charge is 2.51. The predicted octanol–water partition coefficient (Wildman–Crippen LogP) is 10.6. The van der Waals surface area contributed by atoms with E-state index in [-0.39, 0.29) is 0 Å². The Kier molecular flexibility index (Phi) is 7.12. The summed E-state index contributed by atoms with van der Waals surface area (Å²) in [6.45, 7) is 0. The van der Waals surface area contributed by atoms with Gasteiger partial charge in [-0.2, -0.15) is 0 Å². The lowest BCUT2D eigenvalue weighted by atomic mass is 10.1. The molecule has 11 aromatic rings. The van der Waals surface area contributed by atoms with Gasteiger partial charge in [0.15, 0.2) is 13.9 Å². The van der Waals surface area contributed by atoms with Crippen molar-refractivity contribution in [3.63, 3.8) is 0 Å². The molecule has 0 radical (unpaired) electrons. The SMILES string of the molecule is c1ccc(-c2nc(-c3cccc(-n4c5ccccc5c5cc6sc7ccccc7c6cc54)c3)nc3c2[Si](c2ccccc2)(c2ccccc2)c2ccccc2-3)cc1. The zero-order chi connectivity index (χ0) is 37.5. The van der Waals surface area contributed by atoms with Crippen LogP contribution in [0.3, 0.4) is 0 Å². The van der Waals surface area contributed by atoms with E-state index in [0.29, 0.717) is 0 Å². The highest BCUT2D eigenvalue weighted by Crippen LogP contribution is 2.41. The molecule has 266 valence electrons. The van der Waals surface area contributed by atoms with Crippen molar-refractivity contribution < 1.29 is 0 Å². The Morgan fingerprint density at radius 2 is 1.05 bits per heavy atom. The fourth-order valence-electron chi connectivity index (χ4n) is 9.49. The Balaban J connectivity index is 1.13. The van der Waals surface area contributed by atoms with Crippen LogP contribution in [-0.2, 0) is 0 Å². The largest absolute Gasteiger partial charge is 0.309 e. The molecule has 4 heterocycles. The number of hydrogen-bond acceptors (Lipinski definition) is 3. The fraction of sp³-hybridized carbons (Fsp3) is 0. The van der Waals surface area contributed by atoms with Gasteiger partial charge in [-0.25, -0.2) is 9.97 Å². The lowest BCUT2D eigenvalue weighted by Gasteiger charge is -2.32. The third-order valence-corrected chi connectivity index (χ3v) is 17.9. The van der Waals surface area contributed by atoms with E-state index in [1.165, 1.54) is 68.3 Å². The van der Waals surface area contributed by atoms with Gasteiger partial charge in [0.1, 0.15) is 0 Å². The highest BCUT2D eigenvalue weighted by atomic mass is 32.1. The predicted molar refractivity (Wildman–Crippen MR) is 243 cm³/mol. The topological polar surface area (TPSA) is 30.7 Å². The molecule has 1 aliphatic heterocycles. The van der Waals surface area contributed by atoms with E-state index in [9.17, 15) is 0 Å². The summed E-state index contributed by atoms with van der Waals surface area (Å²) in [5, 5.41) is 10.4. The van der Waals surface area contributed by atoms with Crippen LogP contribution in [0.25, 0.3) is 81.6 Å². The first kappa shape index (κ1) is 32.3. The second-order valence-corrected chi connectivity index (χ2v) is 19.7. The minimum atomic E-state index is -2.86. The second kappa shape index (κ2) is 12.5. The third kappa shape index (κ3) is 4.70. The Hall–Kier alpha value is -6.92. The summed E-state index contributed by atoms with van der Waals surface area (Å²) in [6.07, 6.45) is 0. The molecule has 3 nitrogen and oxygen atoms in total. The van der Waals surface area contributed by atoms with E-state index in [2.05, 4.69) is 205 Å². The van der Waals surface area contributed by atoms with Crippen molar-refractivity contribution in [2.24, 2.45) is 0 Å². The minimum absolute atomic E-state index is 0.724. The van der Waals surface area contributed by atoms with Gasteiger partial charge in [0, 0.05) is 58.5 Å². The quantitative estimate of drug-likeness (QED) is 0.164. The number of aromatic nitrogens is 3. The molecule has 12 rings (SSSR count). The van der Waals surface area contributed by atoms with Crippen LogP contribution in [0.15, 0.2) is 200 Å². The summed E-state index contributed by atoms with van der Waals surface area (Å²) >= 11 is 1.87. The smallest absolute Gasteiger partial charge is 0.185 e. The van der Waals surface area contributed by atoms with Crippen molar-refractivity contribution in [1.29, 1.82) is 0 Å². The second-order valence-electron chi connectivity index (χ2n) is 14.9. The van der Waals surface area contributed by atoms with Gasteiger partial charge in [-0.1, -0.05) is 164 Å². The molecule has 0 fully saturated rings. The molecule has 3 aromatic heterocycles. The summed E-state index contributed by atoms with van der Waals surface area (Å²) in [5.74, 6) is 0.724. The van der Waals surface area contributed by atoms with Gasteiger partial charge in [-0.15, -0.1) is 11.3 Å². The molecule has 0 amide bonds. The van der Waals surface area contributed by atoms with Crippen molar-refractivity contribution in [3.05, 3.63) is 200 Å². The number of hydrogen-bond donors (Lipinski definition) is 0. The van der Waals surface area contributed by atoms with Crippen molar-refractivity contribution in [2.75, 3.05) is 0 Å². The first-order chi connectivity index (χ1) is 28.3. The number of rotatable bonds is 5. The zero-order valence-electron chi connectivity index (χ0n) is 30.8. The number of benzene rings is 8. The Labute approximate surface area is 334 Å². The van der Waals surface area contributed by atoms with Crippen molar-refractivity contribution in [1.82, 2.24) is 14.5 Å². The molecule has 57 heavy (non-hydrogen) atoms. The fourth-order valence-corrected chi connectivity index (χ4v) is 15.9. The zero-order valence-corrected chi connectivity index (χ0v) is 32.6. The molecule has 0 atom stereocenters. The monoisotopic (exact) mass is 759 g/mol. The molecule has 0 aliphatic carbocycles. The third-order valence-electron chi connectivity index (χ3n) is 11.9. The van der Waals surface area contributed by atoms with Crippen molar-refractivity contribution in [3.8, 4) is 39.6 Å². The maximum atomic E-state index is 5.65. The van der Waals surface area contributed by atoms with Crippen LogP contribution in [-0.4, -0.2) is 22.6 Å². The highest BCUT2D eigenvalue weighted by molar-refractivity contribution is 7.26. The molecule has 0 spiro atoms. The molecule has 0 bridgehead atoms. The maximum absolute atomic E-state index is 5.65. The van der Waals surface area contributed by atoms with Gasteiger partial charge < -0.3 is 4.57 Å². The van der Waals surface area contributed by atoms with Crippen LogP contribution in [0, 0.1) is 0 Å². The lowest BCUT2D eigenvalue weighted by molar-refractivity contribution is 1.16.